The number of benzene rings is 2. The summed E-state index contributed by atoms with van der Waals surface area (Å²) in [6.45, 7) is 12.6. The van der Waals surface area contributed by atoms with Gasteiger partial charge in [0.1, 0.15) is 11.4 Å². The number of pyridine rings is 1. The van der Waals surface area contributed by atoms with Crippen LogP contribution in [0.4, 0.5) is 5.69 Å². The number of carbonyl (C=O) groups is 1. The maximum absolute atomic E-state index is 13.0. The number of hydrogen-bond donors (Lipinski definition) is 0. The van der Waals surface area contributed by atoms with E-state index in [9.17, 15) is 4.79 Å². The number of cyclic esters (lactones) is 1. The van der Waals surface area contributed by atoms with E-state index in [1.54, 1.807) is 18.3 Å². The van der Waals surface area contributed by atoms with E-state index in [0.717, 1.165) is 41.0 Å². The zero-order valence-electron chi connectivity index (χ0n) is 19.4. The average Bonchev–Trinajstić information content (AvgIpc) is 3.08. The van der Waals surface area contributed by atoms with Gasteiger partial charge in [-0.15, -0.1) is 0 Å². The highest BCUT2D eigenvalue weighted by Crippen LogP contribution is 2.50. The normalized spacial score (nSPS) is 17.1. The molecule has 1 atom stereocenters. The quantitative estimate of drug-likeness (QED) is 0.470. The lowest BCUT2D eigenvalue weighted by Crippen LogP contribution is -2.32. The minimum absolute atomic E-state index is 0.372. The van der Waals surface area contributed by atoms with Crippen LogP contribution in [0.2, 0.25) is 0 Å². The van der Waals surface area contributed by atoms with Gasteiger partial charge in [0, 0.05) is 42.2 Å². The summed E-state index contributed by atoms with van der Waals surface area (Å²) >= 11 is 0. The molecule has 1 aliphatic rings. The Labute approximate surface area is 190 Å². The van der Waals surface area contributed by atoms with E-state index in [-0.39, 0.29) is 5.97 Å². The Morgan fingerprint density at radius 3 is 2.44 bits per heavy atom. The van der Waals surface area contributed by atoms with Crippen molar-refractivity contribution >= 4 is 11.7 Å². The summed E-state index contributed by atoms with van der Waals surface area (Å²) < 4.78 is 12.4. The molecule has 166 valence electrons. The Morgan fingerprint density at radius 2 is 1.75 bits per heavy atom. The third-order valence-corrected chi connectivity index (χ3v) is 6.14. The van der Waals surface area contributed by atoms with Gasteiger partial charge in [-0.3, -0.25) is 4.98 Å². The predicted octanol–water partition coefficient (Wildman–Crippen LogP) is 5.41. The molecule has 2 aromatic carbocycles. The van der Waals surface area contributed by atoms with E-state index in [1.165, 1.54) is 0 Å². The zero-order valence-corrected chi connectivity index (χ0v) is 19.4. The van der Waals surface area contributed by atoms with E-state index in [1.807, 2.05) is 38.1 Å². The number of aromatic nitrogens is 1. The lowest BCUT2D eigenvalue weighted by Gasteiger charge is -2.33. The third kappa shape index (κ3) is 3.42. The summed E-state index contributed by atoms with van der Waals surface area (Å²) in [6.07, 6.45) is 1.71. The maximum atomic E-state index is 13.0. The number of rotatable bonds is 7. The number of nitrogens with zero attached hydrogens (tertiary/aromatic N) is 2. The Morgan fingerprint density at radius 1 is 1.00 bits per heavy atom. The van der Waals surface area contributed by atoms with Crippen molar-refractivity contribution in [2.24, 2.45) is 0 Å². The first kappa shape index (κ1) is 21.9. The summed E-state index contributed by atoms with van der Waals surface area (Å²) in [7, 11) is 0. The monoisotopic (exact) mass is 430 g/mol. The van der Waals surface area contributed by atoms with Gasteiger partial charge in [0.05, 0.1) is 12.2 Å². The molecule has 0 saturated heterocycles. The largest absolute Gasteiger partial charge is 0.493 e. The topological polar surface area (TPSA) is 51.7 Å². The van der Waals surface area contributed by atoms with Crippen molar-refractivity contribution in [3.63, 3.8) is 0 Å². The van der Waals surface area contributed by atoms with E-state index in [0.29, 0.717) is 23.6 Å². The van der Waals surface area contributed by atoms with Gasteiger partial charge in [0.2, 0.25) is 5.60 Å². The maximum Gasteiger partial charge on any atom is 0.341 e. The molecule has 2 heterocycles. The lowest BCUT2D eigenvalue weighted by molar-refractivity contribution is 0.0234. The van der Waals surface area contributed by atoms with Crippen LogP contribution in [-0.4, -0.2) is 30.6 Å². The Kier molecular flexibility index (Phi) is 5.92. The summed E-state index contributed by atoms with van der Waals surface area (Å²) in [5, 5.41) is 0. The molecule has 0 radical (unpaired) electrons. The zero-order chi connectivity index (χ0) is 22.9. The lowest BCUT2D eigenvalue weighted by atomic mass is 9.79. The van der Waals surface area contributed by atoms with Crippen LogP contribution in [0.15, 0.2) is 54.7 Å². The van der Waals surface area contributed by atoms with Crippen molar-refractivity contribution in [3.8, 4) is 5.75 Å². The number of aryl methyl sites for hydroxylation is 2. The minimum atomic E-state index is -1.17. The first-order valence-electron chi connectivity index (χ1n) is 11.2. The van der Waals surface area contributed by atoms with Crippen LogP contribution in [0, 0.1) is 13.8 Å². The molecule has 3 aromatic rings. The van der Waals surface area contributed by atoms with Crippen molar-refractivity contribution in [3.05, 3.63) is 88.2 Å². The number of anilines is 1. The molecule has 0 fully saturated rings. The van der Waals surface area contributed by atoms with Crippen LogP contribution in [-0.2, 0) is 10.3 Å². The van der Waals surface area contributed by atoms with Gasteiger partial charge in [-0.2, -0.15) is 0 Å². The molecule has 0 aliphatic carbocycles. The van der Waals surface area contributed by atoms with Gasteiger partial charge in [-0.05, 0) is 64.4 Å². The van der Waals surface area contributed by atoms with E-state index in [4.69, 9.17) is 9.47 Å². The van der Waals surface area contributed by atoms with Gasteiger partial charge in [0.25, 0.3) is 0 Å². The molecular weight excluding hydrogens is 400 g/mol. The van der Waals surface area contributed by atoms with Crippen LogP contribution in [0.1, 0.15) is 59.1 Å². The summed E-state index contributed by atoms with van der Waals surface area (Å²) in [5.41, 5.74) is 4.86. The third-order valence-electron chi connectivity index (χ3n) is 6.14. The van der Waals surface area contributed by atoms with Crippen molar-refractivity contribution in [1.29, 1.82) is 0 Å². The van der Waals surface area contributed by atoms with Gasteiger partial charge in [0.15, 0.2) is 0 Å². The molecule has 0 saturated carbocycles. The minimum Gasteiger partial charge on any atom is -0.493 e. The fourth-order valence-electron chi connectivity index (χ4n) is 4.67. The second-order valence-corrected chi connectivity index (χ2v) is 8.07. The summed E-state index contributed by atoms with van der Waals surface area (Å²) in [5.74, 6) is 0.325. The van der Waals surface area contributed by atoms with Crippen molar-refractivity contribution in [1.82, 2.24) is 4.98 Å². The highest BCUT2D eigenvalue weighted by Gasteiger charge is 2.52. The van der Waals surface area contributed by atoms with Crippen LogP contribution >= 0.6 is 0 Å². The first-order valence-corrected chi connectivity index (χ1v) is 11.2. The number of hydrogen-bond acceptors (Lipinski definition) is 5. The molecule has 4 rings (SSSR count). The summed E-state index contributed by atoms with van der Waals surface area (Å²) in [4.78, 5) is 20.0. The molecule has 5 heteroatoms. The number of ether oxygens (including phenoxy) is 2. The standard InChI is InChI=1S/C27H30N2O3/c1-6-29(7-2)20-12-14-23(24(17-20)31-8-3)27(22-13-11-18(4)16-19(22)5)25-21(26(30)32-27)10-9-15-28-25/h9-17H,6-8H2,1-5H3. The molecular formula is C27H30N2O3. The van der Waals surface area contributed by atoms with Crippen LogP contribution in [0.5, 0.6) is 5.75 Å². The van der Waals surface area contributed by atoms with Crippen molar-refractivity contribution in [2.45, 2.75) is 40.2 Å². The van der Waals surface area contributed by atoms with Crippen molar-refractivity contribution < 1.29 is 14.3 Å². The van der Waals surface area contributed by atoms with Crippen LogP contribution < -0.4 is 9.64 Å². The molecule has 0 amide bonds. The highest BCUT2D eigenvalue weighted by atomic mass is 16.6. The molecule has 1 unspecified atom stereocenters. The fourth-order valence-corrected chi connectivity index (χ4v) is 4.67. The number of carbonyl (C=O) groups excluding carboxylic acids is 1. The molecule has 1 aliphatic heterocycles. The van der Waals surface area contributed by atoms with E-state index in [2.05, 4.69) is 42.8 Å². The van der Waals surface area contributed by atoms with Crippen LogP contribution in [0.3, 0.4) is 0 Å². The number of fused-ring (bicyclic) bond motifs is 1. The Bertz CT molecular complexity index is 1150. The van der Waals surface area contributed by atoms with Gasteiger partial charge >= 0.3 is 5.97 Å². The Hall–Kier alpha value is -3.34. The molecule has 0 bridgehead atoms. The smallest absolute Gasteiger partial charge is 0.341 e. The van der Waals surface area contributed by atoms with Crippen LogP contribution in [0.25, 0.3) is 0 Å². The fraction of sp³-hybridized carbons (Fsp3) is 0.333. The van der Waals surface area contributed by atoms with Gasteiger partial charge < -0.3 is 14.4 Å². The van der Waals surface area contributed by atoms with Gasteiger partial charge in [-0.1, -0.05) is 23.8 Å². The Balaban J connectivity index is 2.04. The molecule has 5 nitrogen and oxygen atoms in total. The first-order chi connectivity index (χ1) is 15.5. The average molecular weight is 431 g/mol. The second-order valence-electron chi connectivity index (χ2n) is 8.07. The second kappa shape index (κ2) is 8.65. The molecule has 1 aromatic heterocycles. The molecule has 0 spiro atoms. The molecule has 0 N–H and O–H groups in total. The van der Waals surface area contributed by atoms with E-state index < -0.39 is 5.60 Å². The highest BCUT2D eigenvalue weighted by molar-refractivity contribution is 5.96. The predicted molar refractivity (Wildman–Crippen MR) is 127 cm³/mol. The van der Waals surface area contributed by atoms with E-state index >= 15 is 0 Å². The number of esters is 1. The van der Waals surface area contributed by atoms with Crippen molar-refractivity contribution in [2.75, 3.05) is 24.6 Å². The molecule has 32 heavy (non-hydrogen) atoms. The summed E-state index contributed by atoms with van der Waals surface area (Å²) in [6, 6.07) is 15.9. The van der Waals surface area contributed by atoms with Gasteiger partial charge in [-0.25, -0.2) is 4.79 Å². The SMILES string of the molecule is CCOc1cc(N(CC)CC)ccc1C1(c2ccc(C)cc2C)OC(=O)c2cccnc21.